The molecule has 0 radical (unpaired) electrons. The van der Waals surface area contributed by atoms with Crippen molar-refractivity contribution in [1.82, 2.24) is 14.4 Å². The van der Waals surface area contributed by atoms with Gasteiger partial charge < -0.3 is 9.47 Å². The third-order valence-corrected chi connectivity index (χ3v) is 5.87. The molecule has 2 aliphatic heterocycles. The minimum Gasteiger partial charge on any atom is -0.351 e. The standard InChI is InChI=1S/C22H29N3/c1-23-13-10-20-14-18(7-9-22(20)23)6-8-21-15-19(16-24(21)2)17-25-11-4-3-5-12-25/h7,9-10,13-14,19,21H,3-5,11-12,15-17H2,1-2H3/t19-,21+/m0/s1. The summed E-state index contributed by atoms with van der Waals surface area (Å²) in [6.07, 6.45) is 7.51. The molecular weight excluding hydrogens is 306 g/mol. The molecule has 0 amide bonds. The van der Waals surface area contributed by atoms with E-state index in [1.807, 2.05) is 0 Å². The van der Waals surface area contributed by atoms with Crippen LogP contribution in [0.2, 0.25) is 0 Å². The Morgan fingerprint density at radius 2 is 1.92 bits per heavy atom. The lowest BCUT2D eigenvalue weighted by atomic mass is 10.0. The molecule has 0 spiro atoms. The molecular formula is C22H29N3. The summed E-state index contributed by atoms with van der Waals surface area (Å²) in [5.41, 5.74) is 2.40. The number of hydrogen-bond donors (Lipinski definition) is 0. The zero-order valence-corrected chi connectivity index (χ0v) is 15.5. The van der Waals surface area contributed by atoms with Crippen LogP contribution in [0.1, 0.15) is 31.2 Å². The lowest BCUT2D eigenvalue weighted by Gasteiger charge is -2.28. The molecule has 3 nitrogen and oxygen atoms in total. The van der Waals surface area contributed by atoms with E-state index in [2.05, 4.69) is 70.8 Å². The van der Waals surface area contributed by atoms with Gasteiger partial charge in [-0.05, 0) is 69.6 Å². The maximum atomic E-state index is 3.54. The number of likely N-dealkylation sites (tertiary alicyclic amines) is 2. The van der Waals surface area contributed by atoms with E-state index in [0.717, 1.165) is 11.5 Å². The van der Waals surface area contributed by atoms with Gasteiger partial charge in [-0.3, -0.25) is 4.90 Å². The van der Waals surface area contributed by atoms with Gasteiger partial charge >= 0.3 is 0 Å². The van der Waals surface area contributed by atoms with Crippen molar-refractivity contribution in [2.75, 3.05) is 33.2 Å². The number of benzene rings is 1. The molecule has 0 unspecified atom stereocenters. The van der Waals surface area contributed by atoms with Gasteiger partial charge in [0.15, 0.2) is 0 Å². The topological polar surface area (TPSA) is 11.4 Å². The van der Waals surface area contributed by atoms with Crippen molar-refractivity contribution in [3.05, 3.63) is 36.0 Å². The Labute approximate surface area is 151 Å². The highest BCUT2D eigenvalue weighted by Gasteiger charge is 2.29. The van der Waals surface area contributed by atoms with Crippen LogP contribution in [0.3, 0.4) is 0 Å². The summed E-state index contributed by atoms with van der Waals surface area (Å²) in [4.78, 5) is 5.11. The molecule has 132 valence electrons. The maximum absolute atomic E-state index is 3.54. The van der Waals surface area contributed by atoms with Gasteiger partial charge in [0.2, 0.25) is 0 Å². The van der Waals surface area contributed by atoms with Crippen molar-refractivity contribution in [3.63, 3.8) is 0 Å². The van der Waals surface area contributed by atoms with Gasteiger partial charge in [0.25, 0.3) is 0 Å². The highest BCUT2D eigenvalue weighted by atomic mass is 15.2. The van der Waals surface area contributed by atoms with Crippen LogP contribution in [-0.4, -0.2) is 53.6 Å². The smallest absolute Gasteiger partial charge is 0.0719 e. The van der Waals surface area contributed by atoms with Gasteiger partial charge in [0.05, 0.1) is 6.04 Å². The Balaban J connectivity index is 1.40. The zero-order chi connectivity index (χ0) is 17.2. The quantitative estimate of drug-likeness (QED) is 0.780. The average molecular weight is 335 g/mol. The van der Waals surface area contributed by atoms with Crippen molar-refractivity contribution in [3.8, 4) is 11.8 Å². The number of hydrogen-bond acceptors (Lipinski definition) is 2. The van der Waals surface area contributed by atoms with Gasteiger partial charge in [-0.25, -0.2) is 0 Å². The Bertz CT molecular complexity index is 788. The molecule has 0 bridgehead atoms. The Morgan fingerprint density at radius 1 is 1.08 bits per heavy atom. The van der Waals surface area contributed by atoms with Gasteiger partial charge in [-0.2, -0.15) is 0 Å². The summed E-state index contributed by atoms with van der Waals surface area (Å²) in [5.74, 6) is 7.74. The minimum absolute atomic E-state index is 0.404. The second kappa shape index (κ2) is 7.23. The van der Waals surface area contributed by atoms with Gasteiger partial charge in [-0.15, -0.1) is 0 Å². The average Bonchev–Trinajstić information content (AvgIpc) is 3.16. The minimum atomic E-state index is 0.404. The van der Waals surface area contributed by atoms with E-state index in [9.17, 15) is 0 Å². The highest BCUT2D eigenvalue weighted by molar-refractivity contribution is 5.81. The van der Waals surface area contributed by atoms with E-state index in [0.29, 0.717) is 6.04 Å². The fraction of sp³-hybridized carbons (Fsp3) is 0.545. The first-order chi connectivity index (χ1) is 12.2. The van der Waals surface area contributed by atoms with E-state index in [-0.39, 0.29) is 0 Å². The monoisotopic (exact) mass is 335 g/mol. The lowest BCUT2D eigenvalue weighted by Crippen LogP contribution is -2.34. The Kier molecular flexibility index (Phi) is 4.83. The molecule has 0 N–H and O–H groups in total. The fourth-order valence-corrected chi connectivity index (χ4v) is 4.44. The molecule has 2 atom stereocenters. The van der Waals surface area contributed by atoms with E-state index in [4.69, 9.17) is 0 Å². The van der Waals surface area contributed by atoms with E-state index in [1.165, 1.54) is 62.8 Å². The van der Waals surface area contributed by atoms with Crippen LogP contribution in [0.25, 0.3) is 10.9 Å². The van der Waals surface area contributed by atoms with Gasteiger partial charge in [-0.1, -0.05) is 18.3 Å². The number of aryl methyl sites for hydroxylation is 1. The van der Waals surface area contributed by atoms with Crippen LogP contribution < -0.4 is 0 Å². The fourth-order valence-electron chi connectivity index (χ4n) is 4.44. The second-order valence-electron chi connectivity index (χ2n) is 7.89. The highest BCUT2D eigenvalue weighted by Crippen LogP contribution is 2.24. The van der Waals surface area contributed by atoms with Gasteiger partial charge in [0, 0.05) is 42.8 Å². The van der Waals surface area contributed by atoms with Crippen molar-refractivity contribution in [2.45, 2.75) is 31.7 Å². The van der Waals surface area contributed by atoms with Crippen LogP contribution in [-0.2, 0) is 7.05 Å². The van der Waals surface area contributed by atoms with Crippen LogP contribution >= 0.6 is 0 Å². The number of piperidine rings is 1. The molecule has 2 aromatic rings. The van der Waals surface area contributed by atoms with Crippen molar-refractivity contribution in [2.24, 2.45) is 13.0 Å². The first-order valence-corrected chi connectivity index (χ1v) is 9.68. The summed E-state index contributed by atoms with van der Waals surface area (Å²) < 4.78 is 2.16. The third kappa shape index (κ3) is 3.76. The number of aromatic nitrogens is 1. The zero-order valence-electron chi connectivity index (χ0n) is 15.5. The molecule has 1 aromatic carbocycles. The molecule has 1 aromatic heterocycles. The van der Waals surface area contributed by atoms with Crippen LogP contribution in [0.5, 0.6) is 0 Å². The predicted octanol–water partition coefficient (Wildman–Crippen LogP) is 3.34. The number of rotatable bonds is 2. The van der Waals surface area contributed by atoms with Crippen molar-refractivity contribution < 1.29 is 0 Å². The van der Waals surface area contributed by atoms with E-state index >= 15 is 0 Å². The SMILES string of the molecule is CN1C[C@@H](CN2CCCCC2)C[C@H]1C#Cc1ccc2c(ccn2C)c1. The molecule has 0 saturated carbocycles. The summed E-state index contributed by atoms with van der Waals surface area (Å²) >= 11 is 0. The summed E-state index contributed by atoms with van der Waals surface area (Å²) in [5, 5.41) is 1.28. The molecule has 3 heterocycles. The summed E-state index contributed by atoms with van der Waals surface area (Å²) in [7, 11) is 4.32. The Morgan fingerprint density at radius 3 is 2.76 bits per heavy atom. The molecule has 0 aliphatic carbocycles. The molecule has 4 rings (SSSR count). The first-order valence-electron chi connectivity index (χ1n) is 9.68. The number of fused-ring (bicyclic) bond motifs is 1. The van der Waals surface area contributed by atoms with Crippen LogP contribution in [0.4, 0.5) is 0 Å². The molecule has 2 fully saturated rings. The molecule has 2 aliphatic rings. The maximum Gasteiger partial charge on any atom is 0.0719 e. The summed E-state index contributed by atoms with van der Waals surface area (Å²) in [6, 6.07) is 9.10. The molecule has 2 saturated heterocycles. The normalized spacial score (nSPS) is 25.2. The van der Waals surface area contributed by atoms with E-state index < -0.39 is 0 Å². The third-order valence-electron chi connectivity index (χ3n) is 5.87. The second-order valence-corrected chi connectivity index (χ2v) is 7.89. The first kappa shape index (κ1) is 16.7. The van der Waals surface area contributed by atoms with E-state index in [1.54, 1.807) is 0 Å². The van der Waals surface area contributed by atoms with Crippen molar-refractivity contribution >= 4 is 10.9 Å². The lowest BCUT2D eigenvalue weighted by molar-refractivity contribution is 0.196. The van der Waals surface area contributed by atoms with Crippen LogP contribution in [0.15, 0.2) is 30.5 Å². The summed E-state index contributed by atoms with van der Waals surface area (Å²) in [6.45, 7) is 5.05. The largest absolute Gasteiger partial charge is 0.351 e. The Hall–Kier alpha value is -1.76. The molecule has 3 heteroatoms. The van der Waals surface area contributed by atoms with Gasteiger partial charge in [0.1, 0.15) is 0 Å². The number of nitrogens with zero attached hydrogens (tertiary/aromatic N) is 3. The molecule has 25 heavy (non-hydrogen) atoms. The van der Waals surface area contributed by atoms with Crippen LogP contribution in [0, 0.1) is 17.8 Å². The van der Waals surface area contributed by atoms with Crippen molar-refractivity contribution in [1.29, 1.82) is 0 Å². The predicted molar refractivity (Wildman–Crippen MR) is 105 cm³/mol.